The van der Waals surface area contributed by atoms with Gasteiger partial charge >= 0.3 is 0 Å². The molecule has 0 unspecified atom stereocenters. The quantitative estimate of drug-likeness (QED) is 0.891. The fourth-order valence-electron chi connectivity index (χ4n) is 3.14. The van der Waals surface area contributed by atoms with Crippen molar-refractivity contribution in [2.75, 3.05) is 18.4 Å². The lowest BCUT2D eigenvalue weighted by atomic mass is 10.1. The van der Waals surface area contributed by atoms with Crippen molar-refractivity contribution < 1.29 is 4.79 Å². The summed E-state index contributed by atoms with van der Waals surface area (Å²) in [6.45, 7) is 7.68. The molecule has 0 heterocycles. The van der Waals surface area contributed by atoms with Crippen molar-refractivity contribution in [3.63, 3.8) is 0 Å². The lowest BCUT2D eigenvalue weighted by Crippen LogP contribution is -2.39. The van der Waals surface area contributed by atoms with Gasteiger partial charge in [0.1, 0.15) is 0 Å². The smallest absolute Gasteiger partial charge is 0.238 e. The summed E-state index contributed by atoms with van der Waals surface area (Å²) in [5.41, 5.74) is 3.23. The molecule has 0 spiro atoms. The van der Waals surface area contributed by atoms with Gasteiger partial charge in [-0.05, 0) is 44.4 Å². The third kappa shape index (κ3) is 3.60. The van der Waals surface area contributed by atoms with E-state index in [0.29, 0.717) is 12.6 Å². The molecule has 2 rings (SSSR count). The molecule has 3 heteroatoms. The average molecular weight is 274 g/mol. The fraction of sp³-hybridized carbons (Fsp3) is 0.588. The summed E-state index contributed by atoms with van der Waals surface area (Å²) in [4.78, 5) is 14.6. The van der Waals surface area contributed by atoms with Crippen LogP contribution in [0.4, 0.5) is 5.69 Å². The van der Waals surface area contributed by atoms with Crippen LogP contribution in [-0.2, 0) is 4.79 Å². The molecular formula is C17H26N2O. The second-order valence-electron chi connectivity index (χ2n) is 5.82. The number of likely N-dealkylation sites (N-methyl/N-ethyl adjacent to an activating group) is 1. The molecule has 20 heavy (non-hydrogen) atoms. The molecule has 0 radical (unpaired) electrons. The molecule has 1 aromatic carbocycles. The SMILES string of the molecule is CCN(CC(=O)Nc1c(C)cccc1C)C1CCCC1. The summed E-state index contributed by atoms with van der Waals surface area (Å²) >= 11 is 0. The standard InChI is InChI=1S/C17H26N2O/c1-4-19(15-10-5-6-11-15)12-16(20)18-17-13(2)8-7-9-14(17)3/h7-9,15H,4-6,10-12H2,1-3H3,(H,18,20). The summed E-state index contributed by atoms with van der Waals surface area (Å²) in [6, 6.07) is 6.70. The van der Waals surface area contributed by atoms with E-state index in [0.717, 1.165) is 23.4 Å². The molecule has 1 N–H and O–H groups in total. The van der Waals surface area contributed by atoms with Gasteiger partial charge in [0.15, 0.2) is 0 Å². The molecule has 0 aliphatic heterocycles. The predicted molar refractivity (Wildman–Crippen MR) is 84.0 cm³/mol. The number of para-hydroxylation sites is 1. The second-order valence-corrected chi connectivity index (χ2v) is 5.82. The highest BCUT2D eigenvalue weighted by Crippen LogP contribution is 2.23. The van der Waals surface area contributed by atoms with Crippen LogP contribution in [-0.4, -0.2) is 29.9 Å². The van der Waals surface area contributed by atoms with E-state index in [-0.39, 0.29) is 5.91 Å². The number of rotatable bonds is 5. The zero-order valence-corrected chi connectivity index (χ0v) is 12.9. The minimum atomic E-state index is 0.108. The molecule has 0 saturated heterocycles. The van der Waals surface area contributed by atoms with Crippen molar-refractivity contribution in [1.82, 2.24) is 4.90 Å². The monoisotopic (exact) mass is 274 g/mol. The molecule has 0 aromatic heterocycles. The number of nitrogens with one attached hydrogen (secondary N) is 1. The Balaban J connectivity index is 1.97. The van der Waals surface area contributed by atoms with E-state index >= 15 is 0 Å². The lowest BCUT2D eigenvalue weighted by molar-refractivity contribution is -0.117. The number of benzene rings is 1. The zero-order valence-electron chi connectivity index (χ0n) is 12.9. The Hall–Kier alpha value is -1.35. The molecule has 1 fully saturated rings. The van der Waals surface area contributed by atoms with Crippen LogP contribution < -0.4 is 5.32 Å². The number of carbonyl (C=O) groups excluding carboxylic acids is 1. The topological polar surface area (TPSA) is 32.3 Å². The van der Waals surface area contributed by atoms with E-state index in [4.69, 9.17) is 0 Å². The van der Waals surface area contributed by atoms with Crippen LogP contribution in [0.3, 0.4) is 0 Å². The third-order valence-corrected chi connectivity index (χ3v) is 4.34. The number of amides is 1. The molecule has 1 aliphatic carbocycles. The van der Waals surface area contributed by atoms with Gasteiger partial charge in [0.25, 0.3) is 0 Å². The molecule has 1 aliphatic rings. The van der Waals surface area contributed by atoms with Crippen LogP contribution in [0.1, 0.15) is 43.7 Å². The normalized spacial score (nSPS) is 15.8. The highest BCUT2D eigenvalue weighted by molar-refractivity contribution is 5.93. The van der Waals surface area contributed by atoms with Gasteiger partial charge in [-0.25, -0.2) is 0 Å². The molecule has 1 aromatic rings. The second kappa shape index (κ2) is 6.89. The van der Waals surface area contributed by atoms with Gasteiger partial charge in [-0.3, -0.25) is 9.69 Å². The first-order valence-corrected chi connectivity index (χ1v) is 7.72. The minimum absolute atomic E-state index is 0.108. The highest BCUT2D eigenvalue weighted by Gasteiger charge is 2.23. The van der Waals surface area contributed by atoms with Crippen LogP contribution in [0.15, 0.2) is 18.2 Å². The Morgan fingerprint density at radius 2 is 1.85 bits per heavy atom. The van der Waals surface area contributed by atoms with E-state index in [2.05, 4.69) is 17.1 Å². The van der Waals surface area contributed by atoms with Crippen LogP contribution in [0.5, 0.6) is 0 Å². The van der Waals surface area contributed by atoms with Crippen LogP contribution in [0, 0.1) is 13.8 Å². The van der Waals surface area contributed by atoms with Gasteiger partial charge in [0.2, 0.25) is 5.91 Å². The van der Waals surface area contributed by atoms with E-state index < -0.39 is 0 Å². The van der Waals surface area contributed by atoms with Crippen LogP contribution >= 0.6 is 0 Å². The molecule has 0 atom stereocenters. The van der Waals surface area contributed by atoms with Gasteiger partial charge in [-0.1, -0.05) is 38.0 Å². The Bertz CT molecular complexity index is 444. The Morgan fingerprint density at radius 3 is 2.40 bits per heavy atom. The number of anilines is 1. The number of hydrogen-bond acceptors (Lipinski definition) is 2. The van der Waals surface area contributed by atoms with Gasteiger partial charge in [-0.2, -0.15) is 0 Å². The molecule has 1 saturated carbocycles. The zero-order chi connectivity index (χ0) is 14.5. The Kier molecular flexibility index (Phi) is 5.18. The largest absolute Gasteiger partial charge is 0.324 e. The maximum Gasteiger partial charge on any atom is 0.238 e. The molecule has 110 valence electrons. The molecule has 1 amide bonds. The maximum absolute atomic E-state index is 12.3. The summed E-state index contributed by atoms with van der Waals surface area (Å²) in [5, 5.41) is 3.09. The van der Waals surface area contributed by atoms with Gasteiger partial charge in [-0.15, -0.1) is 0 Å². The predicted octanol–water partition coefficient (Wildman–Crippen LogP) is 3.51. The number of nitrogens with zero attached hydrogens (tertiary/aromatic N) is 1. The number of hydrogen-bond donors (Lipinski definition) is 1. The Labute approximate surface area is 122 Å². The number of carbonyl (C=O) groups is 1. The van der Waals surface area contributed by atoms with Gasteiger partial charge < -0.3 is 5.32 Å². The first-order valence-electron chi connectivity index (χ1n) is 7.72. The van der Waals surface area contributed by atoms with Crippen molar-refractivity contribution >= 4 is 11.6 Å². The summed E-state index contributed by atoms with van der Waals surface area (Å²) < 4.78 is 0. The van der Waals surface area contributed by atoms with Crippen molar-refractivity contribution in [3.05, 3.63) is 29.3 Å². The molecular weight excluding hydrogens is 248 g/mol. The van der Waals surface area contributed by atoms with E-state index in [1.54, 1.807) is 0 Å². The van der Waals surface area contributed by atoms with Crippen molar-refractivity contribution in [3.8, 4) is 0 Å². The van der Waals surface area contributed by atoms with Gasteiger partial charge in [0, 0.05) is 11.7 Å². The van der Waals surface area contributed by atoms with Crippen LogP contribution in [0.25, 0.3) is 0 Å². The molecule has 3 nitrogen and oxygen atoms in total. The average Bonchev–Trinajstić information content (AvgIpc) is 2.94. The summed E-state index contributed by atoms with van der Waals surface area (Å²) in [7, 11) is 0. The first kappa shape index (κ1) is 15.0. The van der Waals surface area contributed by atoms with E-state index in [1.807, 2.05) is 32.0 Å². The first-order chi connectivity index (χ1) is 9.61. The van der Waals surface area contributed by atoms with E-state index in [9.17, 15) is 4.79 Å². The van der Waals surface area contributed by atoms with Gasteiger partial charge in [0.05, 0.1) is 6.54 Å². The third-order valence-electron chi connectivity index (χ3n) is 4.34. The van der Waals surface area contributed by atoms with Crippen molar-refractivity contribution in [1.29, 1.82) is 0 Å². The van der Waals surface area contributed by atoms with Crippen molar-refractivity contribution in [2.24, 2.45) is 0 Å². The highest BCUT2D eigenvalue weighted by atomic mass is 16.2. The Morgan fingerprint density at radius 1 is 1.25 bits per heavy atom. The van der Waals surface area contributed by atoms with Crippen molar-refractivity contribution in [2.45, 2.75) is 52.5 Å². The maximum atomic E-state index is 12.3. The summed E-state index contributed by atoms with van der Waals surface area (Å²) in [5.74, 6) is 0.108. The fourth-order valence-corrected chi connectivity index (χ4v) is 3.14. The number of aryl methyl sites for hydroxylation is 2. The van der Waals surface area contributed by atoms with Crippen LogP contribution in [0.2, 0.25) is 0 Å². The minimum Gasteiger partial charge on any atom is -0.324 e. The molecule has 0 bridgehead atoms. The lowest BCUT2D eigenvalue weighted by Gasteiger charge is -2.26. The van der Waals surface area contributed by atoms with E-state index in [1.165, 1.54) is 25.7 Å². The summed E-state index contributed by atoms with van der Waals surface area (Å²) in [6.07, 6.45) is 5.09.